The maximum atomic E-state index is 9.39. The van der Waals surface area contributed by atoms with E-state index in [1.807, 2.05) is 0 Å². The third-order valence-electron chi connectivity index (χ3n) is 0.296. The van der Waals surface area contributed by atoms with Crippen molar-refractivity contribution in [3.63, 3.8) is 0 Å². The average Bonchev–Trinajstić information content (AvgIpc) is 1.65. The van der Waals surface area contributed by atoms with Crippen LogP contribution in [0.3, 0.4) is 0 Å². The SMILES string of the molecule is N#CC(N)C=O. The fourth-order valence-electron chi connectivity index (χ4n) is 0.0304. The van der Waals surface area contributed by atoms with Gasteiger partial charge in [-0.1, -0.05) is 0 Å². The standard InChI is InChI=1S/C3H4N2O/c4-1-3(5)2-6/h2-3H,5H2. The Morgan fingerprint density at radius 3 is 2.50 bits per heavy atom. The second-order valence-corrected chi connectivity index (χ2v) is 0.791. The molecule has 0 aliphatic rings. The van der Waals surface area contributed by atoms with Gasteiger partial charge in [0, 0.05) is 0 Å². The van der Waals surface area contributed by atoms with Crippen LogP contribution in [-0.4, -0.2) is 12.3 Å². The van der Waals surface area contributed by atoms with Crippen LogP contribution in [0.5, 0.6) is 0 Å². The minimum Gasteiger partial charge on any atom is -0.310 e. The van der Waals surface area contributed by atoms with Gasteiger partial charge in [-0.3, -0.25) is 0 Å². The number of rotatable bonds is 1. The number of hydrogen-bond acceptors (Lipinski definition) is 3. The number of nitrogens with zero attached hydrogens (tertiary/aromatic N) is 1. The number of carbonyl (C=O) groups excluding carboxylic acids is 1. The molecule has 1 atom stereocenters. The summed E-state index contributed by atoms with van der Waals surface area (Å²) < 4.78 is 0. The molecule has 0 aromatic carbocycles. The quantitative estimate of drug-likeness (QED) is 0.416. The third-order valence-corrected chi connectivity index (χ3v) is 0.296. The first-order valence-corrected chi connectivity index (χ1v) is 1.41. The van der Waals surface area contributed by atoms with Crippen LogP contribution in [0.4, 0.5) is 0 Å². The Morgan fingerprint density at radius 2 is 2.50 bits per heavy atom. The van der Waals surface area contributed by atoms with Crippen molar-refractivity contribution in [2.45, 2.75) is 6.04 Å². The molecular weight excluding hydrogens is 80.0 g/mol. The molecule has 0 aliphatic heterocycles. The van der Waals surface area contributed by atoms with Gasteiger partial charge in [0.15, 0.2) is 6.29 Å². The lowest BCUT2D eigenvalue weighted by atomic mass is 10.4. The lowest BCUT2D eigenvalue weighted by Gasteiger charge is -1.77. The van der Waals surface area contributed by atoms with Gasteiger partial charge < -0.3 is 10.5 Å². The van der Waals surface area contributed by atoms with Gasteiger partial charge in [-0.2, -0.15) is 5.26 Å². The van der Waals surface area contributed by atoms with Crippen LogP contribution in [0.2, 0.25) is 0 Å². The van der Waals surface area contributed by atoms with Crippen LogP contribution in [-0.2, 0) is 4.79 Å². The van der Waals surface area contributed by atoms with Gasteiger partial charge in [0.1, 0.15) is 6.04 Å². The Morgan fingerprint density at radius 1 is 2.00 bits per heavy atom. The van der Waals surface area contributed by atoms with Crippen LogP contribution >= 0.6 is 0 Å². The first kappa shape index (κ1) is 5.12. The highest BCUT2D eigenvalue weighted by Gasteiger charge is 1.88. The summed E-state index contributed by atoms with van der Waals surface area (Å²) in [6, 6.07) is 0.584. The Bertz CT molecular complexity index is 83.3. The highest BCUT2D eigenvalue weighted by molar-refractivity contribution is 5.61. The molecule has 32 valence electrons. The van der Waals surface area contributed by atoms with Gasteiger partial charge in [0.25, 0.3) is 0 Å². The van der Waals surface area contributed by atoms with Crippen molar-refractivity contribution in [3.8, 4) is 6.07 Å². The fourth-order valence-corrected chi connectivity index (χ4v) is 0.0304. The van der Waals surface area contributed by atoms with E-state index in [2.05, 4.69) is 0 Å². The predicted molar refractivity (Wildman–Crippen MR) is 19.7 cm³/mol. The van der Waals surface area contributed by atoms with E-state index in [1.165, 1.54) is 6.07 Å². The molecule has 0 aromatic heterocycles. The average molecular weight is 84.1 g/mol. The highest BCUT2D eigenvalue weighted by atomic mass is 16.1. The van der Waals surface area contributed by atoms with Gasteiger partial charge in [0.2, 0.25) is 0 Å². The summed E-state index contributed by atoms with van der Waals surface area (Å²) in [6.07, 6.45) is 0.389. The van der Waals surface area contributed by atoms with Crippen molar-refractivity contribution in [2.75, 3.05) is 0 Å². The van der Waals surface area contributed by atoms with E-state index in [9.17, 15) is 4.79 Å². The molecule has 0 spiro atoms. The topological polar surface area (TPSA) is 66.9 Å². The van der Waals surface area contributed by atoms with E-state index < -0.39 is 6.04 Å². The van der Waals surface area contributed by atoms with Gasteiger partial charge in [-0.05, 0) is 0 Å². The third kappa shape index (κ3) is 1.44. The van der Waals surface area contributed by atoms with E-state index >= 15 is 0 Å². The first-order chi connectivity index (χ1) is 2.81. The van der Waals surface area contributed by atoms with Gasteiger partial charge >= 0.3 is 0 Å². The molecule has 0 rings (SSSR count). The molecule has 0 amide bonds. The van der Waals surface area contributed by atoms with E-state index in [1.54, 1.807) is 0 Å². The fraction of sp³-hybridized carbons (Fsp3) is 0.333. The van der Waals surface area contributed by atoms with Crippen molar-refractivity contribution in [1.29, 1.82) is 5.26 Å². The summed E-state index contributed by atoms with van der Waals surface area (Å²) in [7, 11) is 0. The van der Waals surface area contributed by atoms with Crippen molar-refractivity contribution in [3.05, 3.63) is 0 Å². The van der Waals surface area contributed by atoms with E-state index in [4.69, 9.17) is 11.0 Å². The zero-order chi connectivity index (χ0) is 4.99. The second-order valence-electron chi connectivity index (χ2n) is 0.791. The molecule has 0 aliphatic carbocycles. The molecule has 1 unspecified atom stereocenters. The van der Waals surface area contributed by atoms with Crippen LogP contribution in [0.25, 0.3) is 0 Å². The molecule has 0 fully saturated rings. The molecule has 2 N–H and O–H groups in total. The number of hydrogen-bond donors (Lipinski definition) is 1. The zero-order valence-corrected chi connectivity index (χ0v) is 3.09. The maximum absolute atomic E-state index is 9.39. The number of nitrogens with two attached hydrogens (primary N) is 1. The minimum atomic E-state index is -0.940. The molecule has 0 aromatic rings. The lowest BCUT2D eigenvalue weighted by molar-refractivity contribution is -0.107. The Kier molecular flexibility index (Phi) is 2.02. The molecular formula is C3H4N2O. The van der Waals surface area contributed by atoms with Crippen LogP contribution in [0.1, 0.15) is 0 Å². The summed E-state index contributed by atoms with van der Waals surface area (Å²) >= 11 is 0. The summed E-state index contributed by atoms with van der Waals surface area (Å²) in [5.41, 5.74) is 4.74. The lowest BCUT2D eigenvalue weighted by Crippen LogP contribution is -2.17. The minimum absolute atomic E-state index is 0.389. The van der Waals surface area contributed by atoms with E-state index in [0.717, 1.165) is 0 Å². The number of nitriles is 1. The van der Waals surface area contributed by atoms with Crippen molar-refractivity contribution in [1.82, 2.24) is 0 Å². The van der Waals surface area contributed by atoms with Gasteiger partial charge in [0.05, 0.1) is 6.07 Å². The summed E-state index contributed by atoms with van der Waals surface area (Å²) in [5, 5.41) is 7.73. The summed E-state index contributed by atoms with van der Waals surface area (Å²) in [5.74, 6) is 0. The molecule has 0 saturated carbocycles. The molecule has 0 bridgehead atoms. The van der Waals surface area contributed by atoms with Crippen molar-refractivity contribution >= 4 is 6.29 Å². The number of carbonyl (C=O) groups is 1. The molecule has 0 heterocycles. The van der Waals surface area contributed by atoms with Crippen molar-refractivity contribution < 1.29 is 4.79 Å². The highest BCUT2D eigenvalue weighted by Crippen LogP contribution is 1.57. The monoisotopic (exact) mass is 84.0 g/mol. The van der Waals surface area contributed by atoms with Crippen LogP contribution in [0.15, 0.2) is 0 Å². The number of aldehydes is 1. The first-order valence-electron chi connectivity index (χ1n) is 1.41. The molecule has 0 saturated heterocycles. The van der Waals surface area contributed by atoms with E-state index in [-0.39, 0.29) is 0 Å². The normalized spacial score (nSPS) is 12.0. The molecule has 3 nitrogen and oxygen atoms in total. The summed E-state index contributed by atoms with van der Waals surface area (Å²) in [6.45, 7) is 0. The smallest absolute Gasteiger partial charge is 0.151 e. The summed E-state index contributed by atoms with van der Waals surface area (Å²) in [4.78, 5) is 9.39. The molecule has 3 heteroatoms. The largest absolute Gasteiger partial charge is 0.310 e. The Hall–Kier alpha value is -0.880. The second kappa shape index (κ2) is 2.36. The van der Waals surface area contributed by atoms with Crippen LogP contribution in [0, 0.1) is 11.3 Å². The van der Waals surface area contributed by atoms with E-state index in [0.29, 0.717) is 6.29 Å². The molecule has 6 heavy (non-hydrogen) atoms. The van der Waals surface area contributed by atoms with Gasteiger partial charge in [-0.15, -0.1) is 0 Å². The Balaban J connectivity index is 3.30. The zero-order valence-electron chi connectivity index (χ0n) is 3.09. The predicted octanol–water partition coefficient (Wildman–Crippen LogP) is -0.964. The van der Waals surface area contributed by atoms with Crippen LogP contribution < -0.4 is 5.73 Å². The Labute approximate surface area is 35.4 Å². The maximum Gasteiger partial charge on any atom is 0.151 e. The van der Waals surface area contributed by atoms with Crippen molar-refractivity contribution in [2.24, 2.45) is 5.73 Å². The van der Waals surface area contributed by atoms with Gasteiger partial charge in [-0.25, -0.2) is 0 Å². The molecule has 0 radical (unpaired) electrons.